The minimum absolute atomic E-state index is 0.0228. The number of ether oxygens (including phenoxy) is 3. The Balaban J connectivity index is 4.51. The Morgan fingerprint density at radius 1 is 1.05 bits per heavy atom. The molecule has 0 aromatic heterocycles. The first-order valence-corrected chi connectivity index (χ1v) is 5.78. The van der Waals surface area contributed by atoms with Crippen molar-refractivity contribution >= 4 is 17.9 Å². The molecular weight excluding hydrogens is 252 g/mol. The van der Waals surface area contributed by atoms with Gasteiger partial charge in [0.2, 0.25) is 6.10 Å². The molecule has 0 bridgehead atoms. The molecule has 6 heteroatoms. The molecule has 1 unspecified atom stereocenters. The molecule has 0 fully saturated rings. The van der Waals surface area contributed by atoms with Gasteiger partial charge in [-0.2, -0.15) is 0 Å². The molecule has 0 rings (SSSR count). The van der Waals surface area contributed by atoms with Crippen LogP contribution in [0, 0.1) is 0 Å². The first-order chi connectivity index (χ1) is 9.04. The summed E-state index contributed by atoms with van der Waals surface area (Å²) in [6.07, 6.45) is 1.15. The van der Waals surface area contributed by atoms with Crippen LogP contribution in [0.4, 0.5) is 0 Å². The van der Waals surface area contributed by atoms with Crippen LogP contribution >= 0.6 is 0 Å². The maximum absolute atomic E-state index is 11.6. The molecule has 0 heterocycles. The number of carbonyl (C=O) groups is 3. The summed E-state index contributed by atoms with van der Waals surface area (Å²) in [6, 6.07) is 0. The molecule has 0 saturated heterocycles. The summed E-state index contributed by atoms with van der Waals surface area (Å²) in [5, 5.41) is 0. The monoisotopic (exact) mass is 270 g/mol. The van der Waals surface area contributed by atoms with Crippen LogP contribution in [0.3, 0.4) is 0 Å². The molecule has 0 spiro atoms. The molecule has 0 radical (unpaired) electrons. The highest BCUT2D eigenvalue weighted by molar-refractivity contribution is 5.84. The maximum atomic E-state index is 11.6. The first-order valence-electron chi connectivity index (χ1n) is 5.78. The van der Waals surface area contributed by atoms with Crippen molar-refractivity contribution in [3.63, 3.8) is 0 Å². The number of rotatable bonds is 9. The number of hydrogen-bond acceptors (Lipinski definition) is 6. The summed E-state index contributed by atoms with van der Waals surface area (Å²) < 4.78 is 14.3. The number of esters is 3. The van der Waals surface area contributed by atoms with Gasteiger partial charge in [-0.3, -0.25) is 9.59 Å². The van der Waals surface area contributed by atoms with E-state index in [0.717, 1.165) is 0 Å². The van der Waals surface area contributed by atoms with E-state index in [1.807, 2.05) is 0 Å². The number of carbonyl (C=O) groups excluding carboxylic acids is 3. The van der Waals surface area contributed by atoms with E-state index in [1.54, 1.807) is 6.92 Å². The van der Waals surface area contributed by atoms with Crippen LogP contribution in [0.2, 0.25) is 0 Å². The summed E-state index contributed by atoms with van der Waals surface area (Å²) >= 11 is 0. The smallest absolute Gasteiger partial charge is 0.348 e. The molecule has 0 amide bonds. The third-order valence-electron chi connectivity index (χ3n) is 1.88. The van der Waals surface area contributed by atoms with E-state index in [2.05, 4.69) is 13.2 Å². The van der Waals surface area contributed by atoms with E-state index < -0.39 is 30.4 Å². The minimum Gasteiger partial charge on any atom is -0.461 e. The van der Waals surface area contributed by atoms with Gasteiger partial charge in [-0.1, -0.05) is 32.2 Å². The zero-order valence-electron chi connectivity index (χ0n) is 10.9. The van der Waals surface area contributed by atoms with Crippen LogP contribution in [-0.2, 0) is 28.6 Å². The highest BCUT2D eigenvalue weighted by Gasteiger charge is 2.27. The van der Waals surface area contributed by atoms with E-state index in [1.165, 1.54) is 12.2 Å². The molecule has 19 heavy (non-hydrogen) atoms. The maximum Gasteiger partial charge on any atom is 0.348 e. The van der Waals surface area contributed by atoms with Crippen molar-refractivity contribution in [1.29, 1.82) is 0 Å². The summed E-state index contributed by atoms with van der Waals surface area (Å²) in [6.45, 7) is 8.34. The largest absolute Gasteiger partial charge is 0.461 e. The standard InChI is InChI=1S/C13H18O6/c1-4-7-17-12(15)9-10(19-11(14)6-3)13(16)18-8-5-2/h4-5,10H,1-2,6-9H2,3H3. The van der Waals surface area contributed by atoms with Crippen LogP contribution < -0.4 is 0 Å². The molecule has 0 aromatic carbocycles. The van der Waals surface area contributed by atoms with E-state index in [-0.39, 0.29) is 19.6 Å². The molecule has 6 nitrogen and oxygen atoms in total. The van der Waals surface area contributed by atoms with Crippen LogP contribution in [0.5, 0.6) is 0 Å². The van der Waals surface area contributed by atoms with Crippen molar-refractivity contribution in [3.8, 4) is 0 Å². The van der Waals surface area contributed by atoms with Crippen LogP contribution in [0.15, 0.2) is 25.3 Å². The van der Waals surface area contributed by atoms with Crippen LogP contribution in [-0.4, -0.2) is 37.2 Å². The SMILES string of the molecule is C=CCOC(=O)CC(OC(=O)CC)C(=O)OCC=C. The molecule has 0 aliphatic carbocycles. The Kier molecular flexibility index (Phi) is 8.78. The molecule has 0 aromatic rings. The van der Waals surface area contributed by atoms with Crippen molar-refractivity contribution in [3.05, 3.63) is 25.3 Å². The lowest BCUT2D eigenvalue weighted by Gasteiger charge is -2.15. The lowest BCUT2D eigenvalue weighted by atomic mass is 10.2. The van der Waals surface area contributed by atoms with E-state index in [4.69, 9.17) is 14.2 Å². The topological polar surface area (TPSA) is 78.9 Å². The Labute approximate surface area is 112 Å². The predicted molar refractivity (Wildman–Crippen MR) is 67.1 cm³/mol. The predicted octanol–water partition coefficient (Wildman–Crippen LogP) is 1.16. The van der Waals surface area contributed by atoms with Crippen LogP contribution in [0.25, 0.3) is 0 Å². The fourth-order valence-corrected chi connectivity index (χ4v) is 1.01. The van der Waals surface area contributed by atoms with Crippen molar-refractivity contribution in [2.75, 3.05) is 13.2 Å². The van der Waals surface area contributed by atoms with E-state index in [0.29, 0.717) is 0 Å². The normalized spacial score (nSPS) is 11.0. The lowest BCUT2D eigenvalue weighted by Crippen LogP contribution is -2.32. The quantitative estimate of drug-likeness (QED) is 0.355. The van der Waals surface area contributed by atoms with Crippen molar-refractivity contribution in [2.24, 2.45) is 0 Å². The van der Waals surface area contributed by atoms with Gasteiger partial charge in [0.1, 0.15) is 13.2 Å². The Morgan fingerprint density at radius 2 is 1.63 bits per heavy atom. The number of hydrogen-bond donors (Lipinski definition) is 0. The second kappa shape index (κ2) is 9.87. The lowest BCUT2D eigenvalue weighted by molar-refractivity contribution is -0.170. The molecule has 0 aliphatic heterocycles. The second-order valence-corrected chi connectivity index (χ2v) is 3.43. The second-order valence-electron chi connectivity index (χ2n) is 3.43. The first kappa shape index (κ1) is 16.9. The van der Waals surface area contributed by atoms with Gasteiger partial charge in [0.05, 0.1) is 6.42 Å². The average Bonchev–Trinajstić information content (AvgIpc) is 2.41. The van der Waals surface area contributed by atoms with Gasteiger partial charge >= 0.3 is 17.9 Å². The summed E-state index contributed by atoms with van der Waals surface area (Å²) in [5.41, 5.74) is 0. The molecule has 106 valence electrons. The summed E-state index contributed by atoms with van der Waals surface area (Å²) in [7, 11) is 0. The molecule has 0 N–H and O–H groups in total. The van der Waals surface area contributed by atoms with Gasteiger partial charge in [-0.25, -0.2) is 4.79 Å². The van der Waals surface area contributed by atoms with Crippen molar-refractivity contribution in [2.45, 2.75) is 25.9 Å². The molecule has 1 atom stereocenters. The average molecular weight is 270 g/mol. The highest BCUT2D eigenvalue weighted by atomic mass is 16.6. The fraction of sp³-hybridized carbons (Fsp3) is 0.462. The van der Waals surface area contributed by atoms with E-state index in [9.17, 15) is 14.4 Å². The zero-order valence-corrected chi connectivity index (χ0v) is 10.9. The minimum atomic E-state index is -1.30. The van der Waals surface area contributed by atoms with Crippen LogP contribution in [0.1, 0.15) is 19.8 Å². The third kappa shape index (κ3) is 7.75. The van der Waals surface area contributed by atoms with Gasteiger partial charge in [-0.05, 0) is 0 Å². The molecule has 0 aliphatic rings. The van der Waals surface area contributed by atoms with Gasteiger partial charge < -0.3 is 14.2 Å². The van der Waals surface area contributed by atoms with Gasteiger partial charge in [-0.15, -0.1) is 0 Å². The zero-order chi connectivity index (χ0) is 14.7. The van der Waals surface area contributed by atoms with Crippen molar-refractivity contribution in [1.82, 2.24) is 0 Å². The van der Waals surface area contributed by atoms with Gasteiger partial charge in [0.25, 0.3) is 0 Å². The highest BCUT2D eigenvalue weighted by Crippen LogP contribution is 2.06. The fourth-order valence-electron chi connectivity index (χ4n) is 1.01. The molecular formula is C13H18O6. The van der Waals surface area contributed by atoms with Gasteiger partial charge in [0, 0.05) is 6.42 Å². The third-order valence-corrected chi connectivity index (χ3v) is 1.88. The van der Waals surface area contributed by atoms with Gasteiger partial charge in [0.15, 0.2) is 0 Å². The Morgan fingerprint density at radius 3 is 2.16 bits per heavy atom. The Hall–Kier alpha value is -2.11. The molecule has 0 saturated carbocycles. The summed E-state index contributed by atoms with van der Waals surface area (Å²) in [4.78, 5) is 34.1. The van der Waals surface area contributed by atoms with Crippen molar-refractivity contribution < 1.29 is 28.6 Å². The summed E-state index contributed by atoms with van der Waals surface area (Å²) in [5.74, 6) is -2.08. The Bertz CT molecular complexity index is 347. The van der Waals surface area contributed by atoms with E-state index >= 15 is 0 Å².